The quantitative estimate of drug-likeness (QED) is 0.729. The second-order valence-electron chi connectivity index (χ2n) is 3.67. The van der Waals surface area contributed by atoms with Gasteiger partial charge in [-0.05, 0) is 30.2 Å². The Labute approximate surface area is 92.5 Å². The predicted molar refractivity (Wildman–Crippen MR) is 60.9 cm³/mol. The van der Waals surface area contributed by atoms with E-state index in [-0.39, 0.29) is 11.5 Å². The first kappa shape index (κ1) is 10.6. The lowest BCUT2D eigenvalue weighted by Crippen LogP contribution is -1.94. The number of anilines is 1. The predicted octanol–water partition coefficient (Wildman–Crippen LogP) is 3.52. The first-order valence-electron chi connectivity index (χ1n) is 4.90. The molecule has 0 bridgehead atoms. The molecule has 2 N–H and O–H groups in total. The van der Waals surface area contributed by atoms with Crippen molar-refractivity contribution in [2.24, 2.45) is 0 Å². The topological polar surface area (TPSA) is 26.0 Å². The van der Waals surface area contributed by atoms with Crippen LogP contribution in [0.15, 0.2) is 36.4 Å². The molecule has 16 heavy (non-hydrogen) atoms. The Hall–Kier alpha value is -1.90. The van der Waals surface area contributed by atoms with Gasteiger partial charge in [0.05, 0.1) is 5.69 Å². The number of benzene rings is 2. The summed E-state index contributed by atoms with van der Waals surface area (Å²) in [5.74, 6) is -0.806. The Morgan fingerprint density at radius 2 is 1.75 bits per heavy atom. The van der Waals surface area contributed by atoms with Crippen LogP contribution in [-0.4, -0.2) is 0 Å². The second-order valence-corrected chi connectivity index (χ2v) is 3.67. The molecule has 0 fully saturated rings. The van der Waals surface area contributed by atoms with E-state index in [1.807, 2.05) is 0 Å². The molecule has 0 aromatic heterocycles. The third kappa shape index (κ3) is 1.76. The van der Waals surface area contributed by atoms with Crippen molar-refractivity contribution < 1.29 is 8.78 Å². The number of para-hydroxylation sites is 1. The third-order valence-electron chi connectivity index (χ3n) is 2.54. The molecule has 0 amide bonds. The van der Waals surface area contributed by atoms with Crippen molar-refractivity contribution in [1.82, 2.24) is 0 Å². The smallest absolute Gasteiger partial charge is 0.146 e. The van der Waals surface area contributed by atoms with Crippen LogP contribution in [0, 0.1) is 18.6 Å². The van der Waals surface area contributed by atoms with Crippen LogP contribution in [0.5, 0.6) is 0 Å². The van der Waals surface area contributed by atoms with Gasteiger partial charge < -0.3 is 5.73 Å². The molecule has 2 rings (SSSR count). The van der Waals surface area contributed by atoms with Crippen molar-refractivity contribution in [3.63, 3.8) is 0 Å². The molecule has 0 spiro atoms. The summed E-state index contributed by atoms with van der Waals surface area (Å²) in [4.78, 5) is 0. The number of aryl methyl sites for hydroxylation is 1. The van der Waals surface area contributed by atoms with E-state index in [1.54, 1.807) is 31.2 Å². The van der Waals surface area contributed by atoms with Crippen molar-refractivity contribution >= 4 is 5.69 Å². The highest BCUT2D eigenvalue weighted by atomic mass is 19.1. The normalized spacial score (nSPS) is 10.4. The summed E-state index contributed by atoms with van der Waals surface area (Å²) >= 11 is 0. The zero-order valence-corrected chi connectivity index (χ0v) is 8.80. The highest BCUT2D eigenvalue weighted by molar-refractivity contribution is 5.76. The Morgan fingerprint density at radius 3 is 2.44 bits per heavy atom. The van der Waals surface area contributed by atoms with E-state index in [1.165, 1.54) is 12.1 Å². The van der Waals surface area contributed by atoms with Crippen LogP contribution in [0.3, 0.4) is 0 Å². The Morgan fingerprint density at radius 1 is 1.00 bits per heavy atom. The van der Waals surface area contributed by atoms with Crippen molar-refractivity contribution in [2.75, 3.05) is 5.73 Å². The largest absolute Gasteiger partial charge is 0.396 e. The molecule has 0 aliphatic carbocycles. The number of hydrogen-bond donors (Lipinski definition) is 1. The highest BCUT2D eigenvalue weighted by Gasteiger charge is 2.08. The summed E-state index contributed by atoms with van der Waals surface area (Å²) < 4.78 is 26.6. The average Bonchev–Trinajstić information content (AvgIpc) is 2.26. The van der Waals surface area contributed by atoms with Gasteiger partial charge >= 0.3 is 0 Å². The minimum atomic E-state index is -0.488. The Balaban J connectivity index is 2.59. The maximum atomic E-state index is 13.4. The molecular formula is C13H11F2N. The average molecular weight is 219 g/mol. The first-order valence-corrected chi connectivity index (χ1v) is 4.90. The summed E-state index contributed by atoms with van der Waals surface area (Å²) in [6.45, 7) is 1.67. The molecule has 0 aliphatic rings. The van der Waals surface area contributed by atoms with E-state index < -0.39 is 5.82 Å². The van der Waals surface area contributed by atoms with Gasteiger partial charge in [-0.1, -0.05) is 24.3 Å². The monoisotopic (exact) mass is 219 g/mol. The molecule has 0 atom stereocenters. The van der Waals surface area contributed by atoms with Crippen LogP contribution in [0.1, 0.15) is 5.56 Å². The zero-order chi connectivity index (χ0) is 11.7. The molecule has 0 heterocycles. The van der Waals surface area contributed by atoms with Crippen LogP contribution in [-0.2, 0) is 0 Å². The number of hydrogen-bond acceptors (Lipinski definition) is 1. The van der Waals surface area contributed by atoms with E-state index in [9.17, 15) is 8.78 Å². The molecule has 3 heteroatoms. The van der Waals surface area contributed by atoms with Gasteiger partial charge in [-0.2, -0.15) is 0 Å². The van der Waals surface area contributed by atoms with Crippen molar-refractivity contribution in [3.05, 3.63) is 53.6 Å². The summed E-state index contributed by atoms with van der Waals surface area (Å²) in [6.07, 6.45) is 0. The van der Waals surface area contributed by atoms with Crippen molar-refractivity contribution in [1.29, 1.82) is 0 Å². The van der Waals surface area contributed by atoms with E-state index in [0.29, 0.717) is 16.7 Å². The summed E-state index contributed by atoms with van der Waals surface area (Å²) in [5, 5.41) is 0. The van der Waals surface area contributed by atoms with Crippen LogP contribution >= 0.6 is 0 Å². The maximum Gasteiger partial charge on any atom is 0.146 e. The van der Waals surface area contributed by atoms with E-state index >= 15 is 0 Å². The molecule has 0 unspecified atom stereocenters. The first-order chi connectivity index (χ1) is 7.59. The molecule has 0 saturated carbocycles. The van der Waals surface area contributed by atoms with Gasteiger partial charge in [-0.25, -0.2) is 8.78 Å². The zero-order valence-electron chi connectivity index (χ0n) is 8.80. The number of rotatable bonds is 1. The third-order valence-corrected chi connectivity index (χ3v) is 2.54. The fourth-order valence-electron chi connectivity index (χ4n) is 1.55. The van der Waals surface area contributed by atoms with E-state index in [0.717, 1.165) is 0 Å². The number of halogens is 2. The molecule has 2 aromatic carbocycles. The minimum Gasteiger partial charge on any atom is -0.396 e. The maximum absolute atomic E-state index is 13.4. The van der Waals surface area contributed by atoms with Gasteiger partial charge in [0.15, 0.2) is 0 Å². The second kappa shape index (κ2) is 3.93. The lowest BCUT2D eigenvalue weighted by Gasteiger charge is -2.07. The van der Waals surface area contributed by atoms with Gasteiger partial charge in [0.2, 0.25) is 0 Å². The molecule has 0 aliphatic heterocycles. The summed E-state index contributed by atoms with van der Waals surface area (Å²) in [5.41, 5.74) is 7.30. The van der Waals surface area contributed by atoms with Gasteiger partial charge in [-0.3, -0.25) is 0 Å². The highest BCUT2D eigenvalue weighted by Crippen LogP contribution is 2.28. The molecular weight excluding hydrogens is 208 g/mol. The van der Waals surface area contributed by atoms with Crippen molar-refractivity contribution in [2.45, 2.75) is 6.92 Å². The summed E-state index contributed by atoms with van der Waals surface area (Å²) in [7, 11) is 0. The molecule has 2 aromatic rings. The SMILES string of the molecule is Cc1ccc(-c2cccc(F)c2N)cc1F. The Kier molecular flexibility index (Phi) is 2.60. The van der Waals surface area contributed by atoms with Crippen LogP contribution in [0.25, 0.3) is 11.1 Å². The van der Waals surface area contributed by atoms with Crippen LogP contribution in [0.4, 0.5) is 14.5 Å². The molecule has 82 valence electrons. The van der Waals surface area contributed by atoms with Crippen molar-refractivity contribution in [3.8, 4) is 11.1 Å². The minimum absolute atomic E-state index is 0.0470. The molecule has 0 saturated heterocycles. The number of nitrogens with two attached hydrogens (primary N) is 1. The standard InChI is InChI=1S/C13H11F2N/c1-8-5-6-9(7-12(8)15)10-3-2-4-11(14)13(10)16/h2-7H,16H2,1H3. The lowest BCUT2D eigenvalue weighted by molar-refractivity contribution is 0.619. The van der Waals surface area contributed by atoms with E-state index in [4.69, 9.17) is 5.73 Å². The van der Waals surface area contributed by atoms with Gasteiger partial charge in [0.1, 0.15) is 11.6 Å². The molecule has 1 nitrogen and oxygen atoms in total. The van der Waals surface area contributed by atoms with E-state index in [2.05, 4.69) is 0 Å². The number of nitrogen functional groups attached to an aromatic ring is 1. The lowest BCUT2D eigenvalue weighted by atomic mass is 10.0. The van der Waals surface area contributed by atoms with Gasteiger partial charge in [0.25, 0.3) is 0 Å². The fraction of sp³-hybridized carbons (Fsp3) is 0.0769. The fourth-order valence-corrected chi connectivity index (χ4v) is 1.55. The van der Waals surface area contributed by atoms with Crippen LogP contribution < -0.4 is 5.73 Å². The van der Waals surface area contributed by atoms with Gasteiger partial charge in [0, 0.05) is 5.56 Å². The Bertz CT molecular complexity index is 535. The van der Waals surface area contributed by atoms with Crippen LogP contribution in [0.2, 0.25) is 0 Å². The molecule has 0 radical (unpaired) electrons. The summed E-state index contributed by atoms with van der Waals surface area (Å²) in [6, 6.07) is 9.24. The van der Waals surface area contributed by atoms with Gasteiger partial charge in [-0.15, -0.1) is 0 Å².